The minimum Gasteiger partial charge on any atom is -0.508 e. The van der Waals surface area contributed by atoms with E-state index >= 15 is 0 Å². The maximum atomic E-state index is 10.1. The Balaban J connectivity index is 1.44. The Morgan fingerprint density at radius 1 is 0.800 bits per heavy atom. The number of phenolic OH excluding ortho intramolecular Hbond substituents is 1. The van der Waals surface area contributed by atoms with Gasteiger partial charge in [-0.3, -0.25) is 4.68 Å². The summed E-state index contributed by atoms with van der Waals surface area (Å²) in [5, 5.41) is 14.7. The number of phenols is 1. The summed E-state index contributed by atoms with van der Waals surface area (Å²) in [5.41, 5.74) is 7.24. The molecular weight excluding hydrogens is 368 g/mol. The Bertz CT molecular complexity index is 1140. The van der Waals surface area contributed by atoms with Gasteiger partial charge in [-0.15, -0.1) is 0 Å². The molecule has 1 N–H and O–H groups in total. The zero-order chi connectivity index (χ0) is 20.3. The first-order chi connectivity index (χ1) is 14.8. The Labute approximate surface area is 176 Å². The van der Waals surface area contributed by atoms with Crippen molar-refractivity contribution in [2.45, 2.75) is 25.3 Å². The van der Waals surface area contributed by atoms with Gasteiger partial charge in [0.05, 0.1) is 12.7 Å². The van der Waals surface area contributed by atoms with Crippen LogP contribution < -0.4 is 0 Å². The lowest BCUT2D eigenvalue weighted by Gasteiger charge is -2.18. The van der Waals surface area contributed by atoms with Crippen molar-refractivity contribution in [3.8, 4) is 5.75 Å². The van der Waals surface area contributed by atoms with Gasteiger partial charge < -0.3 is 5.11 Å². The van der Waals surface area contributed by atoms with Gasteiger partial charge >= 0.3 is 0 Å². The van der Waals surface area contributed by atoms with Crippen LogP contribution in [0.4, 0.5) is 0 Å². The lowest BCUT2D eigenvalue weighted by atomic mass is 9.87. The molecule has 0 bridgehead atoms. The Morgan fingerprint density at radius 3 is 2.20 bits per heavy atom. The van der Waals surface area contributed by atoms with Crippen LogP contribution in [0.3, 0.4) is 0 Å². The van der Waals surface area contributed by atoms with Crippen molar-refractivity contribution in [1.82, 2.24) is 9.78 Å². The molecule has 0 atom stereocenters. The molecule has 0 aliphatic heterocycles. The van der Waals surface area contributed by atoms with E-state index in [0.29, 0.717) is 5.75 Å². The summed E-state index contributed by atoms with van der Waals surface area (Å²) in [5.74, 6) is 0.567. The maximum absolute atomic E-state index is 10.1. The van der Waals surface area contributed by atoms with E-state index in [2.05, 4.69) is 84.1 Å². The van der Waals surface area contributed by atoms with Crippen LogP contribution in [0.1, 0.15) is 40.2 Å². The minimum absolute atomic E-state index is 0.166. The molecule has 148 valence electrons. The number of benzene rings is 3. The number of allylic oxidation sites excluding steroid dienone is 1. The molecule has 3 aromatic carbocycles. The second-order valence-corrected chi connectivity index (χ2v) is 7.87. The van der Waals surface area contributed by atoms with E-state index in [0.717, 1.165) is 30.5 Å². The fourth-order valence-electron chi connectivity index (χ4n) is 4.39. The van der Waals surface area contributed by atoms with Gasteiger partial charge in [-0.25, -0.2) is 0 Å². The zero-order valence-corrected chi connectivity index (χ0v) is 16.8. The number of aromatic hydroxyl groups is 1. The first kappa shape index (κ1) is 18.4. The quantitative estimate of drug-likeness (QED) is 0.466. The maximum Gasteiger partial charge on any atom is 0.119 e. The molecule has 0 radical (unpaired) electrons. The first-order valence-electron chi connectivity index (χ1n) is 10.4. The van der Waals surface area contributed by atoms with Crippen molar-refractivity contribution in [3.05, 3.63) is 125 Å². The number of hydrogen-bond donors (Lipinski definition) is 1. The predicted molar refractivity (Wildman–Crippen MR) is 120 cm³/mol. The van der Waals surface area contributed by atoms with Crippen LogP contribution in [0.2, 0.25) is 0 Å². The zero-order valence-electron chi connectivity index (χ0n) is 16.8. The molecular formula is C27H24N2O. The van der Waals surface area contributed by atoms with E-state index in [1.807, 2.05) is 16.9 Å². The number of aromatic nitrogens is 2. The smallest absolute Gasteiger partial charge is 0.119 e. The molecule has 0 fully saturated rings. The number of hydrogen-bond acceptors (Lipinski definition) is 2. The molecule has 30 heavy (non-hydrogen) atoms. The van der Waals surface area contributed by atoms with Crippen LogP contribution in [0.5, 0.6) is 5.75 Å². The summed E-state index contributed by atoms with van der Waals surface area (Å²) in [4.78, 5) is 0. The molecule has 4 aromatic rings. The van der Waals surface area contributed by atoms with Crippen LogP contribution in [0.15, 0.2) is 96.8 Å². The summed E-state index contributed by atoms with van der Waals surface area (Å²) in [6.45, 7) is 0.769. The Kier molecular flexibility index (Phi) is 4.94. The highest BCUT2D eigenvalue weighted by Gasteiger charge is 2.19. The SMILES string of the molecule is Oc1cccc2c1CCC(Cn1cc(C(c3ccccc3)c3ccccc3)cn1)=C2. The molecule has 1 aromatic heterocycles. The van der Waals surface area contributed by atoms with Gasteiger partial charge in [0.1, 0.15) is 5.75 Å². The lowest BCUT2D eigenvalue weighted by molar-refractivity contribution is 0.467. The van der Waals surface area contributed by atoms with Crippen molar-refractivity contribution >= 4 is 6.08 Å². The van der Waals surface area contributed by atoms with Gasteiger partial charge in [0.15, 0.2) is 0 Å². The van der Waals surface area contributed by atoms with Crippen LogP contribution in [0.25, 0.3) is 6.08 Å². The molecule has 0 saturated carbocycles. The Morgan fingerprint density at radius 2 is 1.50 bits per heavy atom. The number of nitrogens with zero attached hydrogens (tertiary/aromatic N) is 2. The van der Waals surface area contributed by atoms with Gasteiger partial charge in [-0.05, 0) is 41.2 Å². The third-order valence-corrected chi connectivity index (χ3v) is 5.86. The molecule has 5 rings (SSSR count). The van der Waals surface area contributed by atoms with E-state index < -0.39 is 0 Å². The van der Waals surface area contributed by atoms with Gasteiger partial charge in [-0.1, -0.05) is 78.9 Å². The molecule has 3 heteroatoms. The average Bonchev–Trinajstić information content (AvgIpc) is 3.23. The van der Waals surface area contributed by atoms with Crippen LogP contribution in [-0.2, 0) is 13.0 Å². The van der Waals surface area contributed by atoms with Gasteiger partial charge in [0.25, 0.3) is 0 Å². The van der Waals surface area contributed by atoms with Crippen LogP contribution >= 0.6 is 0 Å². The standard InChI is InChI=1S/C27H24N2O/c30-26-13-7-12-23-16-20(14-15-25(23)26)18-29-19-24(17-28-29)27(21-8-3-1-4-9-21)22-10-5-2-6-11-22/h1-13,16-17,19,27,30H,14-15,18H2. The highest BCUT2D eigenvalue weighted by atomic mass is 16.3. The molecule has 0 amide bonds. The van der Waals surface area contributed by atoms with Gasteiger partial charge in [0, 0.05) is 23.2 Å². The molecule has 3 nitrogen and oxygen atoms in total. The Hall–Kier alpha value is -3.59. The van der Waals surface area contributed by atoms with E-state index in [4.69, 9.17) is 0 Å². The topological polar surface area (TPSA) is 38.0 Å². The van der Waals surface area contributed by atoms with E-state index in [1.54, 1.807) is 6.07 Å². The summed E-state index contributed by atoms with van der Waals surface area (Å²) < 4.78 is 2.04. The van der Waals surface area contributed by atoms with E-state index in [-0.39, 0.29) is 5.92 Å². The fourth-order valence-corrected chi connectivity index (χ4v) is 4.39. The largest absolute Gasteiger partial charge is 0.508 e. The molecule has 1 heterocycles. The van der Waals surface area contributed by atoms with E-state index in [1.165, 1.54) is 22.3 Å². The highest BCUT2D eigenvalue weighted by Crippen LogP contribution is 2.33. The lowest BCUT2D eigenvalue weighted by Crippen LogP contribution is -2.07. The fraction of sp³-hybridized carbons (Fsp3) is 0.148. The summed E-state index contributed by atoms with van der Waals surface area (Å²) >= 11 is 0. The molecule has 0 saturated heterocycles. The normalized spacial score (nSPS) is 13.2. The second-order valence-electron chi connectivity index (χ2n) is 7.87. The van der Waals surface area contributed by atoms with Crippen molar-refractivity contribution in [3.63, 3.8) is 0 Å². The van der Waals surface area contributed by atoms with Gasteiger partial charge in [0.2, 0.25) is 0 Å². The number of fused-ring (bicyclic) bond motifs is 1. The molecule has 1 aliphatic carbocycles. The minimum atomic E-state index is 0.166. The summed E-state index contributed by atoms with van der Waals surface area (Å²) in [6.07, 6.45) is 8.18. The van der Waals surface area contributed by atoms with Gasteiger partial charge in [-0.2, -0.15) is 5.10 Å². The molecule has 1 aliphatic rings. The van der Waals surface area contributed by atoms with Crippen molar-refractivity contribution < 1.29 is 5.11 Å². The molecule has 0 spiro atoms. The van der Waals surface area contributed by atoms with Crippen molar-refractivity contribution in [2.24, 2.45) is 0 Å². The predicted octanol–water partition coefficient (Wildman–Crippen LogP) is 5.80. The average molecular weight is 393 g/mol. The first-order valence-corrected chi connectivity index (χ1v) is 10.4. The summed E-state index contributed by atoms with van der Waals surface area (Å²) in [7, 11) is 0. The molecule has 0 unspecified atom stereocenters. The monoisotopic (exact) mass is 392 g/mol. The third-order valence-electron chi connectivity index (χ3n) is 5.86. The summed E-state index contributed by atoms with van der Waals surface area (Å²) in [6, 6.07) is 27.0. The van der Waals surface area contributed by atoms with Crippen LogP contribution in [-0.4, -0.2) is 14.9 Å². The van der Waals surface area contributed by atoms with Crippen LogP contribution in [0, 0.1) is 0 Å². The highest BCUT2D eigenvalue weighted by molar-refractivity contribution is 5.62. The van der Waals surface area contributed by atoms with Crippen molar-refractivity contribution in [1.29, 1.82) is 0 Å². The number of rotatable bonds is 5. The van der Waals surface area contributed by atoms with E-state index in [9.17, 15) is 5.11 Å². The second kappa shape index (κ2) is 8.03. The van der Waals surface area contributed by atoms with Crippen molar-refractivity contribution in [2.75, 3.05) is 0 Å². The third kappa shape index (κ3) is 3.67.